The average Bonchev–Trinajstić information content (AvgIpc) is 2.56. The lowest BCUT2D eigenvalue weighted by Gasteiger charge is -2.17. The van der Waals surface area contributed by atoms with Gasteiger partial charge in [0.1, 0.15) is 0 Å². The number of ether oxygens (including phenoxy) is 1. The maximum atomic E-state index is 11.9. The number of rotatable bonds is 2. The first-order valence-electron chi connectivity index (χ1n) is 5.15. The molecule has 0 aromatic heterocycles. The van der Waals surface area contributed by atoms with Gasteiger partial charge in [0.2, 0.25) is 0 Å². The van der Waals surface area contributed by atoms with E-state index in [0.29, 0.717) is 6.54 Å². The van der Waals surface area contributed by atoms with Crippen molar-refractivity contribution in [3.63, 3.8) is 0 Å². The van der Waals surface area contributed by atoms with Crippen molar-refractivity contribution < 1.29 is 27.5 Å². The molecule has 1 aliphatic heterocycles. The van der Waals surface area contributed by atoms with Crippen molar-refractivity contribution in [2.75, 3.05) is 13.1 Å². The number of carbonyl (C=O) groups is 2. The number of esters is 1. The minimum atomic E-state index is -5.15. The molecule has 0 bridgehead atoms. The molecule has 2 N–H and O–H groups in total. The predicted octanol–water partition coefficient (Wildman–Crippen LogP) is 0.411. The summed E-state index contributed by atoms with van der Waals surface area (Å²) in [5, 5.41) is 0. The molecule has 18 heavy (non-hydrogen) atoms. The van der Waals surface area contributed by atoms with Crippen LogP contribution in [0.3, 0.4) is 0 Å². The highest BCUT2D eigenvalue weighted by Crippen LogP contribution is 2.20. The molecule has 0 aromatic carbocycles. The lowest BCUT2D eigenvalue weighted by atomic mass is 10.1. The monoisotopic (exact) mass is 266 g/mol. The van der Waals surface area contributed by atoms with Crippen molar-refractivity contribution in [3.05, 3.63) is 12.3 Å². The van der Waals surface area contributed by atoms with Gasteiger partial charge in [0.15, 0.2) is 5.76 Å². The van der Waals surface area contributed by atoms with E-state index in [1.54, 1.807) is 0 Å². The fourth-order valence-electron chi connectivity index (χ4n) is 1.55. The number of alkyl halides is 3. The topological polar surface area (TPSA) is 72.6 Å². The quantitative estimate of drug-likeness (QED) is 0.446. The minimum Gasteiger partial charge on any atom is -0.415 e. The van der Waals surface area contributed by atoms with Crippen molar-refractivity contribution in [2.45, 2.75) is 19.1 Å². The maximum Gasteiger partial charge on any atom is 0.491 e. The summed E-state index contributed by atoms with van der Waals surface area (Å²) in [6, 6.07) is -0.250. The summed E-state index contributed by atoms with van der Waals surface area (Å²) in [4.78, 5) is 23.4. The molecular formula is C10H13F3N2O3. The molecule has 0 radical (unpaired) electrons. The zero-order valence-corrected chi connectivity index (χ0v) is 9.66. The Labute approximate surface area is 101 Å². The zero-order valence-electron chi connectivity index (χ0n) is 9.66. The van der Waals surface area contributed by atoms with Crippen molar-refractivity contribution >= 4 is 11.9 Å². The summed E-state index contributed by atoms with van der Waals surface area (Å²) in [6.45, 7) is 5.33. The highest BCUT2D eigenvalue weighted by molar-refractivity contribution is 5.94. The molecule has 1 saturated heterocycles. The number of carbonyl (C=O) groups excluding carboxylic acids is 2. The van der Waals surface area contributed by atoms with Gasteiger partial charge in [0, 0.05) is 19.1 Å². The second kappa shape index (κ2) is 4.97. The number of likely N-dealkylation sites (tertiary alicyclic amines) is 1. The van der Waals surface area contributed by atoms with Crippen LogP contribution in [0.2, 0.25) is 0 Å². The third kappa shape index (κ3) is 3.22. The number of amides is 1. The summed E-state index contributed by atoms with van der Waals surface area (Å²) < 4.78 is 39.6. The van der Waals surface area contributed by atoms with E-state index in [9.17, 15) is 22.8 Å². The van der Waals surface area contributed by atoms with Gasteiger partial charge >= 0.3 is 12.1 Å². The highest BCUT2D eigenvalue weighted by atomic mass is 19.4. The van der Waals surface area contributed by atoms with E-state index in [1.165, 1.54) is 4.90 Å². The van der Waals surface area contributed by atoms with Crippen LogP contribution in [0.25, 0.3) is 0 Å². The third-order valence-corrected chi connectivity index (χ3v) is 2.64. The van der Waals surface area contributed by atoms with E-state index < -0.39 is 23.8 Å². The molecule has 0 saturated carbocycles. The van der Waals surface area contributed by atoms with Crippen LogP contribution in [0.5, 0.6) is 0 Å². The third-order valence-electron chi connectivity index (χ3n) is 2.64. The van der Waals surface area contributed by atoms with Crippen LogP contribution in [0, 0.1) is 5.92 Å². The van der Waals surface area contributed by atoms with Gasteiger partial charge in [-0.2, -0.15) is 13.2 Å². The van der Waals surface area contributed by atoms with E-state index in [2.05, 4.69) is 11.3 Å². The summed E-state index contributed by atoms with van der Waals surface area (Å²) >= 11 is 0. The standard InChI is InChI=1S/C10H13F3N2O3/c1-5-3-15(4-7(5)14)8(16)6(2)18-9(17)10(11,12)13/h5,7H,2-4,14H2,1H3/t5-,7+/m1/s1. The fraction of sp³-hybridized carbons (Fsp3) is 0.600. The molecule has 1 fully saturated rings. The van der Waals surface area contributed by atoms with Gasteiger partial charge in [0.05, 0.1) is 0 Å². The van der Waals surface area contributed by atoms with Crippen LogP contribution in [-0.2, 0) is 14.3 Å². The van der Waals surface area contributed by atoms with Gasteiger partial charge in [-0.05, 0) is 5.92 Å². The molecule has 0 spiro atoms. The van der Waals surface area contributed by atoms with Crippen molar-refractivity contribution in [2.24, 2.45) is 11.7 Å². The molecule has 102 valence electrons. The normalized spacial score (nSPS) is 23.9. The van der Waals surface area contributed by atoms with E-state index in [1.807, 2.05) is 6.92 Å². The van der Waals surface area contributed by atoms with Crippen molar-refractivity contribution in [3.8, 4) is 0 Å². The lowest BCUT2D eigenvalue weighted by molar-refractivity contribution is -0.196. The van der Waals surface area contributed by atoms with Gasteiger partial charge < -0.3 is 15.4 Å². The van der Waals surface area contributed by atoms with Crippen LogP contribution in [0.1, 0.15) is 6.92 Å². The molecule has 1 rings (SSSR count). The van der Waals surface area contributed by atoms with E-state index in [0.717, 1.165) is 0 Å². The first-order chi connectivity index (χ1) is 8.12. The lowest BCUT2D eigenvalue weighted by Crippen LogP contribution is -2.35. The number of nitrogens with zero attached hydrogens (tertiary/aromatic N) is 1. The van der Waals surface area contributed by atoms with Crippen molar-refractivity contribution in [1.29, 1.82) is 0 Å². The van der Waals surface area contributed by atoms with Gasteiger partial charge in [0.25, 0.3) is 5.91 Å². The largest absolute Gasteiger partial charge is 0.491 e. The Morgan fingerprint density at radius 3 is 2.33 bits per heavy atom. The zero-order chi connectivity index (χ0) is 14.1. The molecule has 1 amide bonds. The van der Waals surface area contributed by atoms with Gasteiger partial charge in [-0.15, -0.1) is 0 Å². The first-order valence-corrected chi connectivity index (χ1v) is 5.15. The summed E-state index contributed by atoms with van der Waals surface area (Å²) in [5.41, 5.74) is 5.67. The van der Waals surface area contributed by atoms with Crippen LogP contribution in [-0.4, -0.2) is 42.1 Å². The second-order valence-corrected chi connectivity index (χ2v) is 4.16. The van der Waals surface area contributed by atoms with Crippen LogP contribution in [0.4, 0.5) is 13.2 Å². The van der Waals surface area contributed by atoms with Crippen LogP contribution >= 0.6 is 0 Å². The molecule has 0 aliphatic carbocycles. The summed E-state index contributed by atoms with van der Waals surface area (Å²) in [7, 11) is 0. The first kappa shape index (κ1) is 14.5. The predicted molar refractivity (Wildman–Crippen MR) is 55.0 cm³/mol. The Morgan fingerprint density at radius 1 is 1.39 bits per heavy atom. The molecule has 1 aliphatic rings. The SMILES string of the molecule is C=C(OC(=O)C(F)(F)F)C(=O)N1C[C@@H](C)[C@@H](N)C1. The van der Waals surface area contributed by atoms with E-state index in [4.69, 9.17) is 5.73 Å². The van der Waals surface area contributed by atoms with E-state index >= 15 is 0 Å². The number of hydrogen-bond acceptors (Lipinski definition) is 4. The Morgan fingerprint density at radius 2 is 1.94 bits per heavy atom. The summed E-state index contributed by atoms with van der Waals surface area (Å²) in [6.07, 6.45) is -5.15. The molecule has 0 aromatic rings. The van der Waals surface area contributed by atoms with Crippen molar-refractivity contribution in [1.82, 2.24) is 4.90 Å². The highest BCUT2D eigenvalue weighted by Gasteiger charge is 2.43. The molecular weight excluding hydrogens is 253 g/mol. The number of halogens is 3. The molecule has 1 heterocycles. The average molecular weight is 266 g/mol. The Kier molecular flexibility index (Phi) is 4.00. The Bertz CT molecular complexity index is 371. The minimum absolute atomic E-state index is 0.0278. The van der Waals surface area contributed by atoms with Crippen LogP contribution < -0.4 is 5.73 Å². The van der Waals surface area contributed by atoms with Crippen LogP contribution in [0.15, 0.2) is 12.3 Å². The maximum absolute atomic E-state index is 11.9. The second-order valence-electron chi connectivity index (χ2n) is 4.16. The number of hydrogen-bond donors (Lipinski definition) is 1. The van der Waals surface area contributed by atoms with E-state index in [-0.39, 0.29) is 18.5 Å². The Balaban J connectivity index is 2.58. The van der Waals surface area contributed by atoms with Gasteiger partial charge in [-0.3, -0.25) is 4.79 Å². The molecule has 2 atom stereocenters. The van der Waals surface area contributed by atoms with Gasteiger partial charge in [-0.25, -0.2) is 4.79 Å². The molecule has 8 heteroatoms. The Hall–Kier alpha value is -1.57. The smallest absolute Gasteiger partial charge is 0.415 e. The molecule has 5 nitrogen and oxygen atoms in total. The van der Waals surface area contributed by atoms with Gasteiger partial charge in [-0.1, -0.05) is 13.5 Å². The molecule has 0 unspecified atom stereocenters. The fourth-order valence-corrected chi connectivity index (χ4v) is 1.55. The summed E-state index contributed by atoms with van der Waals surface area (Å²) in [5.74, 6) is -4.14. The number of nitrogens with two attached hydrogens (primary N) is 1.